The van der Waals surface area contributed by atoms with Crippen molar-refractivity contribution in [3.8, 4) is 0 Å². The first-order valence-corrected chi connectivity index (χ1v) is 7.68. The van der Waals surface area contributed by atoms with Crippen LogP contribution in [0.2, 0.25) is 0 Å². The molecular formula is C10H12BrN3O4S. The number of nitrogens with zero attached hydrogens (tertiary/aromatic N) is 2. The molecule has 0 aromatic carbocycles. The molecule has 19 heavy (non-hydrogen) atoms. The van der Waals surface area contributed by atoms with Crippen molar-refractivity contribution in [3.63, 3.8) is 0 Å². The van der Waals surface area contributed by atoms with Crippen molar-refractivity contribution in [2.24, 2.45) is 0 Å². The molecule has 0 atom stereocenters. The molecule has 0 aliphatic rings. The topological polar surface area (TPSA) is 97.4 Å². The molecule has 2 aromatic rings. The van der Waals surface area contributed by atoms with Crippen molar-refractivity contribution >= 4 is 31.6 Å². The first-order chi connectivity index (χ1) is 8.96. The van der Waals surface area contributed by atoms with Gasteiger partial charge in [-0.05, 0) is 22.9 Å². The first-order valence-electron chi connectivity index (χ1n) is 5.40. The molecule has 7 nitrogen and oxygen atoms in total. The van der Waals surface area contributed by atoms with E-state index in [9.17, 15) is 8.42 Å². The van der Waals surface area contributed by atoms with Gasteiger partial charge in [-0.25, -0.2) is 8.42 Å². The molecule has 0 fully saturated rings. The average Bonchev–Trinajstić information content (AvgIpc) is 2.95. The van der Waals surface area contributed by atoms with E-state index in [1.807, 2.05) is 6.92 Å². The van der Waals surface area contributed by atoms with Gasteiger partial charge in [-0.3, -0.25) is 9.40 Å². The fourth-order valence-corrected chi connectivity index (χ4v) is 3.49. The summed E-state index contributed by atoms with van der Waals surface area (Å²) in [4.78, 5) is -0.0687. The van der Waals surface area contributed by atoms with E-state index in [1.165, 1.54) is 12.3 Å². The van der Waals surface area contributed by atoms with Gasteiger partial charge >= 0.3 is 0 Å². The summed E-state index contributed by atoms with van der Waals surface area (Å²) in [5, 5.41) is 12.9. The maximum atomic E-state index is 12.1. The van der Waals surface area contributed by atoms with Crippen LogP contribution < -0.4 is 4.72 Å². The quantitative estimate of drug-likeness (QED) is 0.853. The molecule has 2 rings (SSSR count). The molecule has 104 valence electrons. The van der Waals surface area contributed by atoms with E-state index < -0.39 is 10.0 Å². The lowest BCUT2D eigenvalue weighted by Gasteiger charge is -2.03. The number of rotatable bonds is 5. The molecule has 0 amide bonds. The maximum absolute atomic E-state index is 12.1. The molecule has 0 aliphatic carbocycles. The Morgan fingerprint density at radius 3 is 2.84 bits per heavy atom. The van der Waals surface area contributed by atoms with Crippen molar-refractivity contribution in [2.45, 2.75) is 25.0 Å². The van der Waals surface area contributed by atoms with E-state index in [0.717, 1.165) is 0 Å². The van der Waals surface area contributed by atoms with Crippen LogP contribution in [0.1, 0.15) is 12.7 Å². The lowest BCUT2D eigenvalue weighted by molar-refractivity contribution is 0.245. The van der Waals surface area contributed by atoms with Crippen molar-refractivity contribution in [1.29, 1.82) is 0 Å². The average molecular weight is 350 g/mol. The Labute approximate surface area is 118 Å². The second-order valence-corrected chi connectivity index (χ2v) is 6.07. The van der Waals surface area contributed by atoms with Crippen LogP contribution in [-0.4, -0.2) is 23.3 Å². The standard InChI is InChI=1S/C10H12BrN3O4S/c1-2-14-5-7(4-12-14)13-19(16,17)9-3-8(6-15)18-10(9)11/h3-5,13,15H,2,6H2,1H3. The van der Waals surface area contributed by atoms with Crippen LogP contribution in [0.25, 0.3) is 0 Å². The third-order valence-corrected chi connectivity index (χ3v) is 4.60. The Balaban J connectivity index is 2.29. The minimum Gasteiger partial charge on any atom is -0.450 e. The van der Waals surface area contributed by atoms with Crippen LogP contribution in [0.3, 0.4) is 0 Å². The normalized spacial score (nSPS) is 11.7. The summed E-state index contributed by atoms with van der Waals surface area (Å²) in [5.41, 5.74) is 0.362. The summed E-state index contributed by atoms with van der Waals surface area (Å²) in [7, 11) is -3.78. The number of nitrogens with one attached hydrogen (secondary N) is 1. The monoisotopic (exact) mass is 349 g/mol. The molecule has 0 saturated carbocycles. The van der Waals surface area contributed by atoms with Gasteiger partial charge in [0.25, 0.3) is 10.0 Å². The van der Waals surface area contributed by atoms with Gasteiger partial charge in [0.05, 0.1) is 11.9 Å². The highest BCUT2D eigenvalue weighted by atomic mass is 79.9. The van der Waals surface area contributed by atoms with Crippen LogP contribution in [0.4, 0.5) is 5.69 Å². The highest BCUT2D eigenvalue weighted by Gasteiger charge is 2.22. The van der Waals surface area contributed by atoms with Gasteiger partial charge in [0.1, 0.15) is 17.3 Å². The molecule has 0 radical (unpaired) electrons. The molecule has 0 spiro atoms. The second-order valence-electron chi connectivity index (χ2n) is 3.70. The Hall–Kier alpha value is -1.32. The van der Waals surface area contributed by atoms with E-state index in [-0.39, 0.29) is 21.9 Å². The van der Waals surface area contributed by atoms with Gasteiger partial charge in [0, 0.05) is 18.8 Å². The summed E-state index contributed by atoms with van der Waals surface area (Å²) in [6.07, 6.45) is 3.00. The van der Waals surface area contributed by atoms with Gasteiger partial charge in [0.2, 0.25) is 0 Å². The number of halogens is 1. The van der Waals surface area contributed by atoms with Crippen molar-refractivity contribution < 1.29 is 17.9 Å². The van der Waals surface area contributed by atoms with E-state index in [0.29, 0.717) is 12.2 Å². The van der Waals surface area contributed by atoms with Crippen molar-refractivity contribution in [1.82, 2.24) is 9.78 Å². The number of furan rings is 1. The molecule has 0 aliphatic heterocycles. The van der Waals surface area contributed by atoms with Crippen molar-refractivity contribution in [3.05, 3.63) is 28.9 Å². The summed E-state index contributed by atoms with van der Waals surface area (Å²) in [6, 6.07) is 1.26. The van der Waals surface area contributed by atoms with Crippen LogP contribution in [0, 0.1) is 0 Å². The molecule has 0 bridgehead atoms. The van der Waals surface area contributed by atoms with Gasteiger partial charge in [-0.1, -0.05) is 0 Å². The zero-order valence-corrected chi connectivity index (χ0v) is 12.4. The Bertz CT molecular complexity index is 677. The van der Waals surface area contributed by atoms with Crippen molar-refractivity contribution in [2.75, 3.05) is 4.72 Å². The number of aliphatic hydroxyl groups excluding tert-OH is 1. The largest absolute Gasteiger partial charge is 0.450 e. The van der Waals surface area contributed by atoms with E-state index in [4.69, 9.17) is 9.52 Å². The van der Waals surface area contributed by atoms with Gasteiger partial charge in [0.15, 0.2) is 4.67 Å². The maximum Gasteiger partial charge on any atom is 0.266 e. The highest BCUT2D eigenvalue weighted by molar-refractivity contribution is 9.10. The number of hydrogen-bond acceptors (Lipinski definition) is 5. The number of aromatic nitrogens is 2. The lowest BCUT2D eigenvalue weighted by Crippen LogP contribution is -2.12. The number of hydrogen-bond donors (Lipinski definition) is 2. The zero-order chi connectivity index (χ0) is 14.0. The predicted molar refractivity (Wildman–Crippen MR) is 71.0 cm³/mol. The van der Waals surface area contributed by atoms with Gasteiger partial charge < -0.3 is 9.52 Å². The molecule has 9 heteroatoms. The molecule has 2 aromatic heterocycles. The molecule has 0 saturated heterocycles. The summed E-state index contributed by atoms with van der Waals surface area (Å²) < 4.78 is 33.3. The van der Waals surface area contributed by atoms with Crippen LogP contribution in [0.5, 0.6) is 0 Å². The second kappa shape index (κ2) is 5.35. The smallest absolute Gasteiger partial charge is 0.266 e. The molecular weight excluding hydrogens is 338 g/mol. The Morgan fingerprint density at radius 1 is 1.58 bits per heavy atom. The molecule has 0 unspecified atom stereocenters. The predicted octanol–water partition coefficient (Wildman–Crippen LogP) is 1.55. The minimum absolute atomic E-state index is 0.0481. The summed E-state index contributed by atoms with van der Waals surface area (Å²) >= 11 is 3.01. The van der Waals surface area contributed by atoms with Gasteiger partial charge in [-0.2, -0.15) is 5.10 Å². The minimum atomic E-state index is -3.78. The summed E-state index contributed by atoms with van der Waals surface area (Å²) in [6.45, 7) is 2.17. The summed E-state index contributed by atoms with van der Waals surface area (Å²) in [5.74, 6) is 0.163. The third-order valence-electron chi connectivity index (χ3n) is 2.36. The van der Waals surface area contributed by atoms with E-state index >= 15 is 0 Å². The fraction of sp³-hybridized carbons (Fsp3) is 0.300. The number of aliphatic hydroxyl groups is 1. The van der Waals surface area contributed by atoms with E-state index in [2.05, 4.69) is 25.8 Å². The van der Waals surface area contributed by atoms with E-state index in [1.54, 1.807) is 10.9 Å². The van der Waals surface area contributed by atoms with Crippen LogP contribution in [-0.2, 0) is 23.2 Å². The molecule has 2 N–H and O–H groups in total. The lowest BCUT2D eigenvalue weighted by atomic mass is 10.5. The Kier molecular flexibility index (Phi) is 3.97. The SMILES string of the molecule is CCn1cc(NS(=O)(=O)c2cc(CO)oc2Br)cn1. The number of anilines is 1. The van der Waals surface area contributed by atoms with Crippen LogP contribution in [0.15, 0.2) is 32.4 Å². The zero-order valence-electron chi connectivity index (χ0n) is 10.00. The van der Waals surface area contributed by atoms with Gasteiger partial charge in [-0.15, -0.1) is 0 Å². The molecule has 2 heterocycles. The third kappa shape index (κ3) is 2.99. The Morgan fingerprint density at radius 2 is 2.32 bits per heavy atom. The first kappa shape index (κ1) is 14.1. The van der Waals surface area contributed by atoms with Crippen LogP contribution >= 0.6 is 15.9 Å². The fourth-order valence-electron chi connectivity index (χ4n) is 1.46. The highest BCUT2D eigenvalue weighted by Crippen LogP contribution is 2.27. The number of sulfonamides is 1. The number of aryl methyl sites for hydroxylation is 1.